The molecule has 8 heteroatoms. The van der Waals surface area contributed by atoms with Crippen LogP contribution in [-0.2, 0) is 20.7 Å². The number of carbonyl (C=O) groups is 3. The van der Waals surface area contributed by atoms with Gasteiger partial charge in [0.2, 0.25) is 11.8 Å². The number of anilines is 2. The van der Waals surface area contributed by atoms with Gasteiger partial charge in [-0.25, -0.2) is 9.78 Å². The maximum Gasteiger partial charge on any atom is 0.338 e. The van der Waals surface area contributed by atoms with Crippen LogP contribution in [0.1, 0.15) is 35.8 Å². The average molecular weight is 373 g/mol. The maximum absolute atomic E-state index is 12.2. The SMILES string of the molecule is CCOC(=O)c1cccc(NC(=O)Cc2csc(N3CCCC3=O)n2)c1. The molecule has 1 fully saturated rings. The molecular formula is C18H19N3O4S. The van der Waals surface area contributed by atoms with Gasteiger partial charge >= 0.3 is 5.97 Å². The first kappa shape index (κ1) is 18.1. The lowest BCUT2D eigenvalue weighted by molar-refractivity contribution is -0.117. The van der Waals surface area contributed by atoms with Crippen LogP contribution in [0.2, 0.25) is 0 Å². The van der Waals surface area contributed by atoms with E-state index in [-0.39, 0.29) is 18.2 Å². The third kappa shape index (κ3) is 4.26. The van der Waals surface area contributed by atoms with Gasteiger partial charge in [-0.2, -0.15) is 0 Å². The first-order chi connectivity index (χ1) is 12.6. The maximum atomic E-state index is 12.2. The highest BCUT2D eigenvalue weighted by Gasteiger charge is 2.24. The number of nitrogens with zero attached hydrogens (tertiary/aromatic N) is 2. The van der Waals surface area contributed by atoms with Crippen molar-refractivity contribution in [1.29, 1.82) is 0 Å². The van der Waals surface area contributed by atoms with E-state index in [9.17, 15) is 14.4 Å². The van der Waals surface area contributed by atoms with E-state index in [1.165, 1.54) is 11.3 Å². The molecule has 1 N–H and O–H groups in total. The van der Waals surface area contributed by atoms with Crippen LogP contribution in [0.5, 0.6) is 0 Å². The van der Waals surface area contributed by atoms with Crippen LogP contribution in [0.3, 0.4) is 0 Å². The molecule has 0 aliphatic carbocycles. The number of hydrogen-bond donors (Lipinski definition) is 1. The number of esters is 1. The second-order valence-corrected chi connectivity index (χ2v) is 6.63. The van der Waals surface area contributed by atoms with Gasteiger partial charge in [0.1, 0.15) is 0 Å². The van der Waals surface area contributed by atoms with Crippen molar-refractivity contribution < 1.29 is 19.1 Å². The van der Waals surface area contributed by atoms with Crippen molar-refractivity contribution in [2.24, 2.45) is 0 Å². The molecule has 0 radical (unpaired) electrons. The summed E-state index contributed by atoms with van der Waals surface area (Å²) in [6.45, 7) is 2.71. The highest BCUT2D eigenvalue weighted by Crippen LogP contribution is 2.25. The van der Waals surface area contributed by atoms with Crippen LogP contribution in [-0.4, -0.2) is 35.9 Å². The Balaban J connectivity index is 1.61. The van der Waals surface area contributed by atoms with E-state index in [0.29, 0.717) is 41.6 Å². The number of nitrogens with one attached hydrogen (secondary N) is 1. The molecule has 1 aromatic carbocycles. The average Bonchev–Trinajstić information content (AvgIpc) is 3.24. The topological polar surface area (TPSA) is 88.6 Å². The van der Waals surface area contributed by atoms with E-state index in [1.807, 2.05) is 0 Å². The zero-order valence-corrected chi connectivity index (χ0v) is 15.2. The summed E-state index contributed by atoms with van der Waals surface area (Å²) < 4.78 is 4.95. The molecule has 2 amide bonds. The van der Waals surface area contributed by atoms with Crippen LogP contribution in [0.25, 0.3) is 0 Å². The number of benzene rings is 1. The van der Waals surface area contributed by atoms with Gasteiger partial charge in [-0.05, 0) is 31.5 Å². The van der Waals surface area contributed by atoms with Gasteiger partial charge in [-0.1, -0.05) is 6.07 Å². The molecule has 0 bridgehead atoms. The summed E-state index contributed by atoms with van der Waals surface area (Å²) in [4.78, 5) is 41.8. The molecule has 26 heavy (non-hydrogen) atoms. The Morgan fingerprint density at radius 1 is 1.38 bits per heavy atom. The summed E-state index contributed by atoms with van der Waals surface area (Å²) in [5, 5.41) is 5.18. The Hall–Kier alpha value is -2.74. The van der Waals surface area contributed by atoms with Gasteiger partial charge in [0.15, 0.2) is 5.13 Å². The van der Waals surface area contributed by atoms with E-state index in [1.54, 1.807) is 41.5 Å². The molecule has 1 aliphatic rings. The number of hydrogen-bond acceptors (Lipinski definition) is 6. The van der Waals surface area contributed by atoms with Crippen molar-refractivity contribution >= 4 is 39.9 Å². The number of ether oxygens (including phenoxy) is 1. The molecule has 2 aromatic rings. The molecule has 1 aliphatic heterocycles. The van der Waals surface area contributed by atoms with Crippen molar-refractivity contribution in [3.8, 4) is 0 Å². The summed E-state index contributed by atoms with van der Waals surface area (Å²) >= 11 is 1.36. The van der Waals surface area contributed by atoms with Crippen LogP contribution in [0, 0.1) is 0 Å². The van der Waals surface area contributed by atoms with Crippen molar-refractivity contribution in [3.05, 3.63) is 40.9 Å². The van der Waals surface area contributed by atoms with E-state index in [2.05, 4.69) is 10.3 Å². The molecule has 0 saturated carbocycles. The highest BCUT2D eigenvalue weighted by atomic mass is 32.1. The van der Waals surface area contributed by atoms with Crippen LogP contribution in [0.4, 0.5) is 10.8 Å². The number of thiazole rings is 1. The van der Waals surface area contributed by atoms with Gasteiger partial charge in [-0.15, -0.1) is 11.3 Å². The molecule has 0 unspecified atom stereocenters. The first-order valence-corrected chi connectivity index (χ1v) is 9.26. The van der Waals surface area contributed by atoms with Gasteiger partial charge in [0.25, 0.3) is 0 Å². The second-order valence-electron chi connectivity index (χ2n) is 5.80. The molecule has 1 saturated heterocycles. The van der Waals surface area contributed by atoms with Gasteiger partial charge in [0.05, 0.1) is 24.3 Å². The highest BCUT2D eigenvalue weighted by molar-refractivity contribution is 7.14. The standard InChI is InChI=1S/C18H19N3O4S/c1-2-25-17(24)12-5-3-6-13(9-12)19-15(22)10-14-11-26-18(20-14)21-8-4-7-16(21)23/h3,5-6,9,11H,2,4,7-8,10H2,1H3,(H,19,22). The quantitative estimate of drug-likeness (QED) is 0.787. The molecule has 3 rings (SSSR count). The zero-order valence-electron chi connectivity index (χ0n) is 14.4. The Labute approximate surface area is 155 Å². The fraction of sp³-hybridized carbons (Fsp3) is 0.333. The van der Waals surface area contributed by atoms with Crippen molar-refractivity contribution in [3.63, 3.8) is 0 Å². The lowest BCUT2D eigenvalue weighted by Crippen LogP contribution is -2.23. The second kappa shape index (κ2) is 8.09. The monoisotopic (exact) mass is 373 g/mol. The van der Waals surface area contributed by atoms with Gasteiger partial charge in [-0.3, -0.25) is 14.5 Å². The first-order valence-electron chi connectivity index (χ1n) is 8.38. The van der Waals surface area contributed by atoms with E-state index in [4.69, 9.17) is 4.74 Å². The number of carbonyl (C=O) groups excluding carboxylic acids is 3. The van der Waals surface area contributed by atoms with Gasteiger partial charge in [0, 0.05) is 24.0 Å². The normalized spacial score (nSPS) is 13.7. The van der Waals surface area contributed by atoms with Crippen molar-refractivity contribution in [1.82, 2.24) is 4.98 Å². The minimum Gasteiger partial charge on any atom is -0.462 e. The van der Waals surface area contributed by atoms with E-state index >= 15 is 0 Å². The molecule has 1 aromatic heterocycles. The number of amides is 2. The predicted molar refractivity (Wildman–Crippen MR) is 98.4 cm³/mol. The Morgan fingerprint density at radius 3 is 2.96 bits per heavy atom. The lowest BCUT2D eigenvalue weighted by atomic mass is 10.2. The minimum atomic E-state index is -0.428. The predicted octanol–water partition coefficient (Wildman–Crippen LogP) is 2.63. The van der Waals surface area contributed by atoms with Gasteiger partial charge < -0.3 is 10.1 Å². The Kier molecular flexibility index (Phi) is 5.62. The van der Waals surface area contributed by atoms with Crippen molar-refractivity contribution in [2.45, 2.75) is 26.2 Å². The van der Waals surface area contributed by atoms with Crippen molar-refractivity contribution in [2.75, 3.05) is 23.4 Å². The summed E-state index contributed by atoms with van der Waals surface area (Å²) in [7, 11) is 0. The molecular weight excluding hydrogens is 354 g/mol. The fourth-order valence-corrected chi connectivity index (χ4v) is 3.53. The van der Waals surface area contributed by atoms with E-state index in [0.717, 1.165) is 6.42 Å². The lowest BCUT2D eigenvalue weighted by Gasteiger charge is -2.10. The molecule has 7 nitrogen and oxygen atoms in total. The number of rotatable bonds is 6. The van der Waals surface area contributed by atoms with Crippen LogP contribution in [0.15, 0.2) is 29.6 Å². The van der Waals surface area contributed by atoms with Crippen LogP contribution >= 0.6 is 11.3 Å². The van der Waals surface area contributed by atoms with E-state index < -0.39 is 5.97 Å². The summed E-state index contributed by atoms with van der Waals surface area (Å²) in [6.07, 6.45) is 1.49. The molecule has 0 atom stereocenters. The summed E-state index contributed by atoms with van der Waals surface area (Å²) in [5.74, 6) is -0.593. The minimum absolute atomic E-state index is 0.0751. The fourth-order valence-electron chi connectivity index (χ4n) is 2.66. The summed E-state index contributed by atoms with van der Waals surface area (Å²) in [6, 6.07) is 6.59. The number of aromatic nitrogens is 1. The largest absolute Gasteiger partial charge is 0.462 e. The van der Waals surface area contributed by atoms with Crippen LogP contribution < -0.4 is 10.2 Å². The Bertz CT molecular complexity index is 833. The molecule has 2 heterocycles. The third-order valence-corrected chi connectivity index (χ3v) is 4.76. The zero-order chi connectivity index (χ0) is 18.5. The molecule has 136 valence electrons. The molecule has 0 spiro atoms. The summed E-state index contributed by atoms with van der Waals surface area (Å²) in [5.41, 5.74) is 1.52. The smallest absolute Gasteiger partial charge is 0.338 e. The third-order valence-electron chi connectivity index (χ3n) is 3.84. The Morgan fingerprint density at radius 2 is 2.23 bits per heavy atom.